The predicted octanol–water partition coefficient (Wildman–Crippen LogP) is 1.01. The molecule has 0 N–H and O–H groups in total. The molecule has 0 fully saturated rings. The summed E-state index contributed by atoms with van der Waals surface area (Å²) in [5.74, 6) is 0. The number of halogens is 1. The van der Waals surface area contributed by atoms with Gasteiger partial charge < -0.3 is 0 Å². The standard InChI is InChI=1S/C9H9ClN2O2S.Na.H/c1-8-2-4-9(5-3-8)15(13,14)12(10)7-6-11;;/h2-5H,7H2,1H3;;. The first-order valence-electron chi connectivity index (χ1n) is 4.10. The van der Waals surface area contributed by atoms with E-state index in [2.05, 4.69) is 0 Å². The minimum atomic E-state index is -3.74. The van der Waals surface area contributed by atoms with Gasteiger partial charge in [-0.3, -0.25) is 0 Å². The van der Waals surface area contributed by atoms with Gasteiger partial charge in [-0.1, -0.05) is 21.5 Å². The zero-order chi connectivity index (χ0) is 11.5. The summed E-state index contributed by atoms with van der Waals surface area (Å²) >= 11 is 5.47. The van der Waals surface area contributed by atoms with E-state index in [4.69, 9.17) is 17.0 Å². The third kappa shape index (κ3) is 3.74. The van der Waals surface area contributed by atoms with Crippen molar-refractivity contribution in [2.24, 2.45) is 0 Å². The van der Waals surface area contributed by atoms with Crippen LogP contribution in [0, 0.1) is 18.3 Å². The zero-order valence-electron chi connectivity index (χ0n) is 8.01. The molecule has 0 unspecified atom stereocenters. The number of aryl methyl sites for hydroxylation is 1. The number of hydrogen-bond acceptors (Lipinski definition) is 3. The first kappa shape index (κ1) is 15.9. The zero-order valence-corrected chi connectivity index (χ0v) is 9.59. The Morgan fingerprint density at radius 1 is 1.38 bits per heavy atom. The molecule has 1 aromatic carbocycles. The maximum absolute atomic E-state index is 11.7. The second-order valence-electron chi connectivity index (χ2n) is 2.92. The average Bonchev–Trinajstić information content (AvgIpc) is 2.18. The van der Waals surface area contributed by atoms with Crippen molar-refractivity contribution in [2.75, 3.05) is 6.54 Å². The van der Waals surface area contributed by atoms with Gasteiger partial charge in [0.1, 0.15) is 6.54 Å². The molecule has 1 aromatic rings. The number of nitrogens with zero attached hydrogens (tertiary/aromatic N) is 2. The Morgan fingerprint density at radius 3 is 2.31 bits per heavy atom. The molecule has 0 aliphatic carbocycles. The number of hydrogen-bond donors (Lipinski definition) is 0. The molecule has 1 rings (SSSR count). The second kappa shape index (κ2) is 6.60. The van der Waals surface area contributed by atoms with Crippen molar-refractivity contribution in [1.29, 1.82) is 5.26 Å². The molecule has 0 bridgehead atoms. The van der Waals surface area contributed by atoms with Crippen LogP contribution in [0.5, 0.6) is 0 Å². The Balaban J connectivity index is 0.00000225. The number of benzene rings is 1. The number of sulfonamides is 1. The van der Waals surface area contributed by atoms with Crippen LogP contribution in [0.25, 0.3) is 0 Å². The molecule has 0 aliphatic heterocycles. The maximum atomic E-state index is 11.7. The van der Waals surface area contributed by atoms with Gasteiger partial charge in [0.2, 0.25) is 0 Å². The van der Waals surface area contributed by atoms with Crippen LogP contribution in [-0.4, -0.2) is 48.3 Å². The molecule has 82 valence electrons. The van der Waals surface area contributed by atoms with E-state index in [1.807, 2.05) is 6.92 Å². The summed E-state index contributed by atoms with van der Waals surface area (Å²) in [5, 5.41) is 8.35. The van der Waals surface area contributed by atoms with Crippen molar-refractivity contribution >= 4 is 51.4 Å². The van der Waals surface area contributed by atoms with Gasteiger partial charge in [0, 0.05) is 0 Å². The SMILES string of the molecule is Cc1ccc(S(=O)(=O)N(Cl)CC#N)cc1.[NaH]. The van der Waals surface area contributed by atoms with Gasteiger partial charge in [-0.25, -0.2) is 8.42 Å². The molecule has 0 atom stereocenters. The summed E-state index contributed by atoms with van der Waals surface area (Å²) in [4.78, 5) is 0.0818. The monoisotopic (exact) mass is 268 g/mol. The van der Waals surface area contributed by atoms with Crippen LogP contribution in [0.3, 0.4) is 0 Å². The topological polar surface area (TPSA) is 61.2 Å². The summed E-state index contributed by atoms with van der Waals surface area (Å²) in [6, 6.07) is 7.92. The predicted molar refractivity (Wildman–Crippen MR) is 63.7 cm³/mol. The molecule has 0 aromatic heterocycles. The van der Waals surface area contributed by atoms with Gasteiger partial charge in [0.15, 0.2) is 0 Å². The van der Waals surface area contributed by atoms with Crippen LogP contribution in [0.4, 0.5) is 0 Å². The summed E-state index contributed by atoms with van der Waals surface area (Å²) < 4.78 is 23.9. The Kier molecular flexibility index (Phi) is 6.56. The van der Waals surface area contributed by atoms with Crippen LogP contribution in [0.1, 0.15) is 5.56 Å². The van der Waals surface area contributed by atoms with E-state index in [1.54, 1.807) is 18.2 Å². The average molecular weight is 269 g/mol. The van der Waals surface area contributed by atoms with Crippen molar-refractivity contribution in [1.82, 2.24) is 3.82 Å². The van der Waals surface area contributed by atoms with Crippen molar-refractivity contribution in [3.63, 3.8) is 0 Å². The first-order chi connectivity index (χ1) is 6.98. The molecule has 0 aliphatic rings. The van der Waals surface area contributed by atoms with Crippen molar-refractivity contribution in [3.8, 4) is 6.07 Å². The molecule has 16 heavy (non-hydrogen) atoms. The fourth-order valence-corrected chi connectivity index (χ4v) is 2.19. The van der Waals surface area contributed by atoms with Gasteiger partial charge in [0.05, 0.1) is 11.0 Å². The quantitative estimate of drug-likeness (QED) is 0.467. The number of rotatable bonds is 3. The van der Waals surface area contributed by atoms with E-state index < -0.39 is 10.0 Å². The van der Waals surface area contributed by atoms with Crippen LogP contribution < -0.4 is 0 Å². The van der Waals surface area contributed by atoms with E-state index in [9.17, 15) is 8.42 Å². The van der Waals surface area contributed by atoms with Gasteiger partial charge in [-0.2, -0.15) is 5.26 Å². The molecular weight excluding hydrogens is 259 g/mol. The minimum absolute atomic E-state index is 0. The van der Waals surface area contributed by atoms with E-state index in [1.165, 1.54) is 12.1 Å². The molecule has 0 saturated carbocycles. The summed E-state index contributed by atoms with van der Waals surface area (Å²) in [5.41, 5.74) is 0.954. The molecule has 0 amide bonds. The second-order valence-corrected chi connectivity index (χ2v) is 5.39. The fraction of sp³-hybridized carbons (Fsp3) is 0.222. The van der Waals surface area contributed by atoms with E-state index in [0.29, 0.717) is 3.82 Å². The Hall–Kier alpha value is -0.0900. The normalized spacial score (nSPS) is 10.6. The van der Waals surface area contributed by atoms with Crippen molar-refractivity contribution in [3.05, 3.63) is 29.8 Å². The number of nitriles is 1. The van der Waals surface area contributed by atoms with E-state index in [-0.39, 0.29) is 41.0 Å². The Labute approximate surface area is 122 Å². The van der Waals surface area contributed by atoms with Crippen molar-refractivity contribution < 1.29 is 8.42 Å². The molecule has 0 saturated heterocycles. The van der Waals surface area contributed by atoms with Crippen LogP contribution >= 0.6 is 11.8 Å². The van der Waals surface area contributed by atoms with Gasteiger partial charge >= 0.3 is 29.6 Å². The van der Waals surface area contributed by atoms with Crippen LogP contribution in [0.2, 0.25) is 0 Å². The molecule has 4 nitrogen and oxygen atoms in total. The van der Waals surface area contributed by atoms with E-state index in [0.717, 1.165) is 5.56 Å². The molecule has 0 spiro atoms. The molecular formula is C9H10ClN2NaO2S. The van der Waals surface area contributed by atoms with Crippen LogP contribution in [0.15, 0.2) is 29.2 Å². The third-order valence-electron chi connectivity index (χ3n) is 1.77. The van der Waals surface area contributed by atoms with Gasteiger partial charge in [-0.05, 0) is 30.8 Å². The van der Waals surface area contributed by atoms with Crippen molar-refractivity contribution in [2.45, 2.75) is 11.8 Å². The fourth-order valence-electron chi connectivity index (χ4n) is 0.965. The Bertz CT molecular complexity index is 481. The van der Waals surface area contributed by atoms with E-state index >= 15 is 0 Å². The molecule has 7 heteroatoms. The summed E-state index contributed by atoms with van der Waals surface area (Å²) in [7, 11) is -3.74. The molecule has 0 radical (unpaired) electrons. The van der Waals surface area contributed by atoms with Crippen LogP contribution in [-0.2, 0) is 10.0 Å². The summed E-state index contributed by atoms with van der Waals surface area (Å²) in [6.07, 6.45) is 0. The Morgan fingerprint density at radius 2 is 1.88 bits per heavy atom. The molecule has 0 heterocycles. The van der Waals surface area contributed by atoms with Gasteiger partial charge in [-0.15, -0.1) is 0 Å². The van der Waals surface area contributed by atoms with Gasteiger partial charge in [0.25, 0.3) is 10.0 Å². The first-order valence-corrected chi connectivity index (χ1v) is 5.88. The third-order valence-corrected chi connectivity index (χ3v) is 3.96. The summed E-state index contributed by atoms with van der Waals surface area (Å²) in [6.45, 7) is 1.47.